The van der Waals surface area contributed by atoms with E-state index in [0.717, 1.165) is 12.0 Å². The molecule has 0 aromatic heterocycles. The number of hydrogen-bond donors (Lipinski definition) is 2. The van der Waals surface area contributed by atoms with E-state index in [1.807, 2.05) is 25.1 Å². The normalized spacial score (nSPS) is 18.1. The number of carbonyl (C=O) groups excluding carboxylic acids is 1. The first-order valence-corrected chi connectivity index (χ1v) is 6.68. The molecule has 0 radical (unpaired) electrons. The van der Waals surface area contributed by atoms with E-state index in [1.54, 1.807) is 0 Å². The van der Waals surface area contributed by atoms with Crippen molar-refractivity contribution in [3.8, 4) is 0 Å². The maximum Gasteiger partial charge on any atom is 0.303 e. The van der Waals surface area contributed by atoms with Crippen LogP contribution >= 0.6 is 0 Å². The van der Waals surface area contributed by atoms with E-state index in [0.29, 0.717) is 12.8 Å². The molecular formula is C15H19NO3. The molecule has 2 N–H and O–H groups in total. The van der Waals surface area contributed by atoms with Crippen molar-refractivity contribution in [1.82, 2.24) is 5.32 Å². The Kier molecular flexibility index (Phi) is 4.20. The molecule has 0 saturated heterocycles. The second-order valence-corrected chi connectivity index (χ2v) is 5.15. The first kappa shape index (κ1) is 13.6. The Labute approximate surface area is 112 Å². The molecule has 0 spiro atoms. The van der Waals surface area contributed by atoms with E-state index in [9.17, 15) is 9.59 Å². The SMILES string of the molecule is CC(CCCC(=O)O)NC(=O)C1Cc2ccccc21. The second-order valence-electron chi connectivity index (χ2n) is 5.15. The van der Waals surface area contributed by atoms with Gasteiger partial charge in [0.15, 0.2) is 0 Å². The Morgan fingerprint density at radius 1 is 1.42 bits per heavy atom. The molecule has 102 valence electrons. The molecule has 1 aliphatic carbocycles. The standard InChI is InChI=1S/C15H19NO3/c1-10(5-4-8-14(17)18)16-15(19)13-9-11-6-2-3-7-12(11)13/h2-3,6-7,10,13H,4-5,8-9H2,1H3,(H,16,19)(H,17,18). The second kappa shape index (κ2) is 5.87. The highest BCUT2D eigenvalue weighted by molar-refractivity contribution is 5.87. The molecule has 0 fully saturated rings. The average molecular weight is 261 g/mol. The third-order valence-electron chi connectivity index (χ3n) is 3.59. The van der Waals surface area contributed by atoms with Gasteiger partial charge in [-0.2, -0.15) is 0 Å². The smallest absolute Gasteiger partial charge is 0.303 e. The molecule has 0 aliphatic heterocycles. The maximum absolute atomic E-state index is 12.1. The largest absolute Gasteiger partial charge is 0.481 e. The molecule has 1 amide bonds. The minimum absolute atomic E-state index is 0.0274. The van der Waals surface area contributed by atoms with Gasteiger partial charge in [-0.15, -0.1) is 0 Å². The van der Waals surface area contributed by atoms with Crippen LogP contribution in [-0.4, -0.2) is 23.0 Å². The highest BCUT2D eigenvalue weighted by Gasteiger charge is 2.31. The van der Waals surface area contributed by atoms with Crippen molar-refractivity contribution in [3.05, 3.63) is 35.4 Å². The fourth-order valence-electron chi connectivity index (χ4n) is 2.47. The molecule has 1 aliphatic rings. The van der Waals surface area contributed by atoms with Crippen molar-refractivity contribution in [2.24, 2.45) is 0 Å². The van der Waals surface area contributed by atoms with Gasteiger partial charge in [0, 0.05) is 12.5 Å². The molecule has 4 nitrogen and oxygen atoms in total. The zero-order valence-corrected chi connectivity index (χ0v) is 11.1. The van der Waals surface area contributed by atoms with Crippen LogP contribution in [0.4, 0.5) is 0 Å². The molecule has 2 unspecified atom stereocenters. The quantitative estimate of drug-likeness (QED) is 0.824. The highest BCUT2D eigenvalue weighted by Crippen LogP contribution is 2.34. The predicted octanol–water partition coefficient (Wildman–Crippen LogP) is 2.09. The number of benzene rings is 1. The van der Waals surface area contributed by atoms with Gasteiger partial charge in [-0.25, -0.2) is 0 Å². The minimum Gasteiger partial charge on any atom is -0.481 e. The van der Waals surface area contributed by atoms with Gasteiger partial charge in [-0.3, -0.25) is 9.59 Å². The Hall–Kier alpha value is -1.84. The Morgan fingerprint density at radius 3 is 2.84 bits per heavy atom. The molecule has 0 saturated carbocycles. The molecule has 2 rings (SSSR count). The lowest BCUT2D eigenvalue weighted by Crippen LogP contribution is -2.40. The summed E-state index contributed by atoms with van der Waals surface area (Å²) < 4.78 is 0. The van der Waals surface area contributed by atoms with Crippen molar-refractivity contribution in [2.45, 2.75) is 44.6 Å². The van der Waals surface area contributed by atoms with Crippen LogP contribution in [0, 0.1) is 0 Å². The zero-order valence-electron chi connectivity index (χ0n) is 11.1. The topological polar surface area (TPSA) is 66.4 Å². The van der Waals surface area contributed by atoms with Crippen molar-refractivity contribution in [2.75, 3.05) is 0 Å². The van der Waals surface area contributed by atoms with Gasteiger partial charge in [-0.1, -0.05) is 24.3 Å². The fraction of sp³-hybridized carbons (Fsp3) is 0.467. The molecule has 4 heteroatoms. The Balaban J connectivity index is 1.78. The van der Waals surface area contributed by atoms with Crippen LogP contribution in [0.5, 0.6) is 0 Å². The van der Waals surface area contributed by atoms with Crippen LogP contribution in [-0.2, 0) is 16.0 Å². The van der Waals surface area contributed by atoms with Crippen LogP contribution in [0.2, 0.25) is 0 Å². The van der Waals surface area contributed by atoms with Gasteiger partial charge in [0.05, 0.1) is 5.92 Å². The van der Waals surface area contributed by atoms with E-state index < -0.39 is 5.97 Å². The molecule has 1 aromatic rings. The summed E-state index contributed by atoms with van der Waals surface area (Å²) in [4.78, 5) is 22.5. The van der Waals surface area contributed by atoms with Crippen LogP contribution in [0.3, 0.4) is 0 Å². The fourth-order valence-corrected chi connectivity index (χ4v) is 2.47. The number of carboxylic acids is 1. The van der Waals surface area contributed by atoms with Gasteiger partial charge >= 0.3 is 5.97 Å². The maximum atomic E-state index is 12.1. The molecular weight excluding hydrogens is 242 g/mol. The summed E-state index contributed by atoms with van der Waals surface area (Å²) in [5.41, 5.74) is 2.37. The van der Waals surface area contributed by atoms with E-state index in [2.05, 4.69) is 11.4 Å². The third kappa shape index (κ3) is 3.34. The van der Waals surface area contributed by atoms with Gasteiger partial charge in [0.1, 0.15) is 0 Å². The first-order chi connectivity index (χ1) is 9.08. The third-order valence-corrected chi connectivity index (χ3v) is 3.59. The lowest BCUT2D eigenvalue weighted by molar-refractivity contribution is -0.137. The van der Waals surface area contributed by atoms with Gasteiger partial charge in [0.2, 0.25) is 5.91 Å². The zero-order chi connectivity index (χ0) is 13.8. The highest BCUT2D eigenvalue weighted by atomic mass is 16.4. The molecule has 1 aromatic carbocycles. The van der Waals surface area contributed by atoms with E-state index in [-0.39, 0.29) is 24.3 Å². The minimum atomic E-state index is -0.786. The summed E-state index contributed by atoms with van der Waals surface area (Å²) in [5, 5.41) is 11.5. The predicted molar refractivity (Wildman–Crippen MR) is 72.0 cm³/mol. The monoisotopic (exact) mass is 261 g/mol. The number of hydrogen-bond acceptors (Lipinski definition) is 2. The number of carbonyl (C=O) groups is 2. The lowest BCUT2D eigenvalue weighted by Gasteiger charge is -2.30. The number of fused-ring (bicyclic) bond motifs is 1. The van der Waals surface area contributed by atoms with Crippen LogP contribution < -0.4 is 5.32 Å². The summed E-state index contributed by atoms with van der Waals surface area (Å²) in [5.74, 6) is -0.758. The van der Waals surface area contributed by atoms with Crippen LogP contribution in [0.1, 0.15) is 43.2 Å². The van der Waals surface area contributed by atoms with E-state index in [1.165, 1.54) is 5.56 Å². The van der Waals surface area contributed by atoms with Crippen molar-refractivity contribution >= 4 is 11.9 Å². The van der Waals surface area contributed by atoms with E-state index >= 15 is 0 Å². The van der Waals surface area contributed by atoms with Crippen molar-refractivity contribution in [3.63, 3.8) is 0 Å². The van der Waals surface area contributed by atoms with Gasteiger partial charge in [0.25, 0.3) is 0 Å². The number of rotatable bonds is 6. The Bertz CT molecular complexity index is 484. The van der Waals surface area contributed by atoms with Gasteiger partial charge in [-0.05, 0) is 37.3 Å². The summed E-state index contributed by atoms with van der Waals surface area (Å²) >= 11 is 0. The number of nitrogens with one attached hydrogen (secondary N) is 1. The van der Waals surface area contributed by atoms with Crippen LogP contribution in [0.15, 0.2) is 24.3 Å². The average Bonchev–Trinajstić information content (AvgIpc) is 2.30. The number of carboxylic acid groups (broad SMARTS) is 1. The Morgan fingerprint density at radius 2 is 2.16 bits per heavy atom. The molecule has 2 atom stereocenters. The first-order valence-electron chi connectivity index (χ1n) is 6.68. The van der Waals surface area contributed by atoms with Gasteiger partial charge < -0.3 is 10.4 Å². The van der Waals surface area contributed by atoms with Crippen molar-refractivity contribution < 1.29 is 14.7 Å². The van der Waals surface area contributed by atoms with Crippen LogP contribution in [0.25, 0.3) is 0 Å². The molecule has 19 heavy (non-hydrogen) atoms. The summed E-state index contributed by atoms with van der Waals surface area (Å²) in [7, 11) is 0. The molecule has 0 heterocycles. The number of aliphatic carboxylic acids is 1. The summed E-state index contributed by atoms with van der Waals surface area (Å²) in [6.45, 7) is 1.92. The van der Waals surface area contributed by atoms with Crippen molar-refractivity contribution in [1.29, 1.82) is 0 Å². The molecule has 0 bridgehead atoms. The number of amides is 1. The van der Waals surface area contributed by atoms with E-state index in [4.69, 9.17) is 5.11 Å². The summed E-state index contributed by atoms with van der Waals surface area (Å²) in [6.07, 6.45) is 2.26. The summed E-state index contributed by atoms with van der Waals surface area (Å²) in [6, 6.07) is 8.02. The lowest BCUT2D eigenvalue weighted by atomic mass is 9.77.